The van der Waals surface area contributed by atoms with Gasteiger partial charge in [-0.1, -0.05) is 6.07 Å². The maximum atomic E-state index is 12.5. The van der Waals surface area contributed by atoms with Gasteiger partial charge in [-0.2, -0.15) is 0 Å². The molecule has 0 fully saturated rings. The smallest absolute Gasteiger partial charge is 0.338 e. The van der Waals surface area contributed by atoms with E-state index in [2.05, 4.69) is 24.1 Å². The molecule has 0 saturated heterocycles. The number of carbonyl (C=O) groups excluding carboxylic acids is 3. The summed E-state index contributed by atoms with van der Waals surface area (Å²) in [6.45, 7) is 10.5. The maximum Gasteiger partial charge on any atom is 0.338 e. The highest BCUT2D eigenvalue weighted by Crippen LogP contribution is 2.16. The molecule has 7 nitrogen and oxygen atoms in total. The summed E-state index contributed by atoms with van der Waals surface area (Å²) >= 11 is 0. The summed E-state index contributed by atoms with van der Waals surface area (Å²) in [5.41, 5.74) is 2.38. The molecule has 0 unspecified atom stereocenters. The van der Waals surface area contributed by atoms with Gasteiger partial charge in [-0.05, 0) is 70.2 Å². The zero-order chi connectivity index (χ0) is 22.8. The van der Waals surface area contributed by atoms with Crippen LogP contribution in [0.3, 0.4) is 0 Å². The predicted octanol–water partition coefficient (Wildman–Crippen LogP) is 3.81. The van der Waals surface area contributed by atoms with E-state index < -0.39 is 18.5 Å². The number of nitrogens with zero attached hydrogens (tertiary/aromatic N) is 2. The van der Waals surface area contributed by atoms with E-state index in [1.807, 2.05) is 26.0 Å². The standard InChI is InChI=1S/C24H31N3O4/c1-5-26(6-2)21-14-12-18(13-15-21)24(30)31-17-22(28)25-20-11-9-10-19(16-20)23(29)27(7-3)8-4/h9-16H,5-8,17H2,1-4H3,(H,25,28). The number of anilines is 2. The molecule has 2 amide bonds. The maximum absolute atomic E-state index is 12.5. The monoisotopic (exact) mass is 425 g/mol. The van der Waals surface area contributed by atoms with Crippen molar-refractivity contribution in [3.05, 3.63) is 59.7 Å². The first-order valence-electron chi connectivity index (χ1n) is 10.6. The van der Waals surface area contributed by atoms with Crippen molar-refractivity contribution in [3.63, 3.8) is 0 Å². The molecule has 0 atom stereocenters. The molecular formula is C24H31N3O4. The number of benzene rings is 2. The fourth-order valence-corrected chi connectivity index (χ4v) is 3.23. The van der Waals surface area contributed by atoms with Gasteiger partial charge in [-0.3, -0.25) is 9.59 Å². The molecule has 1 N–H and O–H groups in total. The van der Waals surface area contributed by atoms with Crippen molar-refractivity contribution in [1.29, 1.82) is 0 Å². The Hall–Kier alpha value is -3.35. The van der Waals surface area contributed by atoms with Crippen molar-refractivity contribution in [1.82, 2.24) is 4.90 Å². The minimum Gasteiger partial charge on any atom is -0.452 e. The summed E-state index contributed by atoms with van der Waals surface area (Å²) in [6, 6.07) is 13.8. The topological polar surface area (TPSA) is 79.0 Å². The van der Waals surface area contributed by atoms with E-state index in [1.54, 1.807) is 41.3 Å². The second-order valence-corrected chi connectivity index (χ2v) is 6.90. The van der Waals surface area contributed by atoms with Crippen molar-refractivity contribution in [3.8, 4) is 0 Å². The molecule has 0 aliphatic carbocycles. The molecule has 0 aliphatic rings. The van der Waals surface area contributed by atoms with Crippen LogP contribution in [0.2, 0.25) is 0 Å². The lowest BCUT2D eigenvalue weighted by atomic mass is 10.1. The quantitative estimate of drug-likeness (QED) is 0.586. The first-order valence-corrected chi connectivity index (χ1v) is 10.6. The van der Waals surface area contributed by atoms with Gasteiger partial charge in [0.1, 0.15) is 0 Å². The normalized spacial score (nSPS) is 10.3. The predicted molar refractivity (Wildman–Crippen MR) is 123 cm³/mol. The van der Waals surface area contributed by atoms with Crippen molar-refractivity contribution < 1.29 is 19.1 Å². The first kappa shape index (κ1) is 23.9. The third-order valence-electron chi connectivity index (χ3n) is 5.01. The zero-order valence-electron chi connectivity index (χ0n) is 18.7. The van der Waals surface area contributed by atoms with Crippen LogP contribution in [0.1, 0.15) is 48.4 Å². The van der Waals surface area contributed by atoms with Crippen LogP contribution in [0.25, 0.3) is 0 Å². The minimum absolute atomic E-state index is 0.0966. The fraction of sp³-hybridized carbons (Fsp3) is 0.375. The van der Waals surface area contributed by atoms with E-state index in [9.17, 15) is 14.4 Å². The van der Waals surface area contributed by atoms with Gasteiger partial charge in [0, 0.05) is 43.1 Å². The van der Waals surface area contributed by atoms with E-state index in [0.29, 0.717) is 29.9 Å². The number of rotatable bonds is 10. The first-order chi connectivity index (χ1) is 14.9. The van der Waals surface area contributed by atoms with E-state index in [1.165, 1.54) is 0 Å². The number of hydrogen-bond donors (Lipinski definition) is 1. The Balaban J connectivity index is 1.92. The van der Waals surface area contributed by atoms with Crippen LogP contribution in [-0.2, 0) is 9.53 Å². The minimum atomic E-state index is -0.563. The Morgan fingerprint density at radius 1 is 0.839 bits per heavy atom. The summed E-state index contributed by atoms with van der Waals surface area (Å²) in [4.78, 5) is 40.8. The van der Waals surface area contributed by atoms with E-state index in [0.717, 1.165) is 18.8 Å². The van der Waals surface area contributed by atoms with Crippen molar-refractivity contribution in [2.24, 2.45) is 0 Å². The van der Waals surface area contributed by atoms with Gasteiger partial charge in [-0.25, -0.2) is 4.79 Å². The van der Waals surface area contributed by atoms with Crippen molar-refractivity contribution in [2.45, 2.75) is 27.7 Å². The highest BCUT2D eigenvalue weighted by atomic mass is 16.5. The van der Waals surface area contributed by atoms with Gasteiger partial charge >= 0.3 is 5.97 Å². The van der Waals surface area contributed by atoms with Gasteiger partial charge in [0.05, 0.1) is 5.56 Å². The van der Waals surface area contributed by atoms with Crippen LogP contribution in [0.5, 0.6) is 0 Å². The molecule has 0 heterocycles. The van der Waals surface area contributed by atoms with Crippen LogP contribution in [0, 0.1) is 0 Å². The molecule has 0 bridgehead atoms. The number of ether oxygens (including phenoxy) is 1. The molecule has 0 aliphatic heterocycles. The molecule has 2 aromatic carbocycles. The molecule has 166 valence electrons. The van der Waals surface area contributed by atoms with Crippen LogP contribution in [-0.4, -0.2) is 55.5 Å². The molecule has 0 radical (unpaired) electrons. The Morgan fingerprint density at radius 2 is 1.48 bits per heavy atom. The molecule has 0 saturated carbocycles. The summed E-state index contributed by atoms with van der Waals surface area (Å²) in [6.07, 6.45) is 0. The van der Waals surface area contributed by atoms with Gasteiger partial charge in [0.15, 0.2) is 6.61 Å². The largest absolute Gasteiger partial charge is 0.452 e. The lowest BCUT2D eigenvalue weighted by Gasteiger charge is -2.20. The lowest BCUT2D eigenvalue weighted by Crippen LogP contribution is -2.30. The third kappa shape index (κ3) is 6.57. The Morgan fingerprint density at radius 3 is 2.06 bits per heavy atom. The third-order valence-corrected chi connectivity index (χ3v) is 5.01. The lowest BCUT2D eigenvalue weighted by molar-refractivity contribution is -0.119. The second-order valence-electron chi connectivity index (χ2n) is 6.90. The molecule has 7 heteroatoms. The number of nitrogens with one attached hydrogen (secondary N) is 1. The molecular weight excluding hydrogens is 394 g/mol. The number of hydrogen-bond acceptors (Lipinski definition) is 5. The van der Waals surface area contributed by atoms with Gasteiger partial charge < -0.3 is 19.9 Å². The summed E-state index contributed by atoms with van der Waals surface area (Å²) in [5, 5.41) is 2.66. The molecule has 0 aromatic heterocycles. The van der Waals surface area contributed by atoms with Crippen LogP contribution in [0.15, 0.2) is 48.5 Å². The molecule has 31 heavy (non-hydrogen) atoms. The number of carbonyl (C=O) groups is 3. The Bertz CT molecular complexity index is 888. The Kier molecular flexibility index (Phi) is 9.06. The average Bonchev–Trinajstić information content (AvgIpc) is 2.79. The van der Waals surface area contributed by atoms with Crippen LogP contribution < -0.4 is 10.2 Å². The average molecular weight is 426 g/mol. The van der Waals surface area contributed by atoms with Crippen molar-refractivity contribution >= 4 is 29.2 Å². The van der Waals surface area contributed by atoms with Crippen LogP contribution in [0.4, 0.5) is 11.4 Å². The highest BCUT2D eigenvalue weighted by molar-refractivity contribution is 5.98. The number of esters is 1. The second kappa shape index (κ2) is 11.7. The van der Waals surface area contributed by atoms with Crippen molar-refractivity contribution in [2.75, 3.05) is 43.0 Å². The number of amides is 2. The van der Waals surface area contributed by atoms with E-state index in [-0.39, 0.29) is 5.91 Å². The van der Waals surface area contributed by atoms with Gasteiger partial charge in [-0.15, -0.1) is 0 Å². The fourth-order valence-electron chi connectivity index (χ4n) is 3.23. The van der Waals surface area contributed by atoms with Crippen LogP contribution >= 0.6 is 0 Å². The SMILES string of the molecule is CCN(CC)C(=O)c1cccc(NC(=O)COC(=O)c2ccc(N(CC)CC)cc2)c1. The molecule has 0 spiro atoms. The van der Waals surface area contributed by atoms with Gasteiger partial charge in [0.2, 0.25) is 0 Å². The zero-order valence-corrected chi connectivity index (χ0v) is 18.7. The van der Waals surface area contributed by atoms with E-state index >= 15 is 0 Å². The van der Waals surface area contributed by atoms with E-state index in [4.69, 9.17) is 4.74 Å². The summed E-state index contributed by atoms with van der Waals surface area (Å²) < 4.78 is 5.13. The highest BCUT2D eigenvalue weighted by Gasteiger charge is 2.14. The summed E-state index contributed by atoms with van der Waals surface area (Å²) in [5.74, 6) is -1.13. The Labute approximate surface area is 184 Å². The molecule has 2 aromatic rings. The summed E-state index contributed by atoms with van der Waals surface area (Å²) in [7, 11) is 0. The van der Waals surface area contributed by atoms with Gasteiger partial charge in [0.25, 0.3) is 11.8 Å². The molecule has 2 rings (SSSR count).